The van der Waals surface area contributed by atoms with Crippen molar-refractivity contribution < 1.29 is 13.9 Å². The maximum atomic E-state index is 12.3. The van der Waals surface area contributed by atoms with Crippen molar-refractivity contribution in [2.24, 2.45) is 15.7 Å². The molecule has 1 fully saturated rings. The summed E-state index contributed by atoms with van der Waals surface area (Å²) in [5, 5.41) is 0.926. The van der Waals surface area contributed by atoms with E-state index < -0.39 is 5.97 Å². The number of hydrogen-bond donors (Lipinski definition) is 1. The van der Waals surface area contributed by atoms with Gasteiger partial charge in [-0.1, -0.05) is 24.3 Å². The Kier molecular flexibility index (Phi) is 4.83. The lowest BCUT2D eigenvalue weighted by atomic mass is 10.2. The van der Waals surface area contributed by atoms with Gasteiger partial charge in [-0.05, 0) is 24.3 Å². The minimum atomic E-state index is -0.492. The van der Waals surface area contributed by atoms with Crippen LogP contribution in [-0.2, 0) is 9.53 Å². The van der Waals surface area contributed by atoms with Crippen LogP contribution in [0, 0.1) is 0 Å². The molecule has 0 spiro atoms. The summed E-state index contributed by atoms with van der Waals surface area (Å²) in [7, 11) is 0. The Hall–Kier alpha value is -4.14. The molecule has 9 heteroatoms. The molecule has 0 aliphatic carbocycles. The van der Waals surface area contributed by atoms with Gasteiger partial charge in [0.25, 0.3) is 5.90 Å². The van der Waals surface area contributed by atoms with Crippen molar-refractivity contribution >= 4 is 34.6 Å². The van der Waals surface area contributed by atoms with Gasteiger partial charge in [-0.2, -0.15) is 4.99 Å². The van der Waals surface area contributed by atoms with Crippen LogP contribution < -0.4 is 5.73 Å². The highest BCUT2D eigenvalue weighted by atomic mass is 16.6. The number of benzene rings is 1. The summed E-state index contributed by atoms with van der Waals surface area (Å²) >= 11 is 0. The number of pyridine rings is 1. The number of aliphatic imine (C=N–C) groups is 2. The molecule has 2 aromatic heterocycles. The van der Waals surface area contributed by atoms with Crippen LogP contribution in [0.4, 0.5) is 5.82 Å². The maximum absolute atomic E-state index is 12.3. The highest BCUT2D eigenvalue weighted by Gasteiger charge is 2.28. The third-order valence-corrected chi connectivity index (χ3v) is 5.08. The molecule has 5 rings (SSSR count). The summed E-state index contributed by atoms with van der Waals surface area (Å²) in [4.78, 5) is 29.2. The Balaban J connectivity index is 1.26. The van der Waals surface area contributed by atoms with Gasteiger partial charge in [0.1, 0.15) is 5.58 Å². The van der Waals surface area contributed by atoms with E-state index in [2.05, 4.69) is 15.0 Å². The fraction of sp³-hybridized carbons (Fsp3) is 0.182. The molecule has 2 aliphatic rings. The van der Waals surface area contributed by atoms with Gasteiger partial charge >= 0.3 is 5.97 Å². The average Bonchev–Trinajstić information content (AvgIpc) is 3.38. The van der Waals surface area contributed by atoms with E-state index in [4.69, 9.17) is 14.9 Å². The zero-order chi connectivity index (χ0) is 21.2. The predicted octanol–water partition coefficient (Wildman–Crippen LogP) is 2.24. The fourth-order valence-corrected chi connectivity index (χ4v) is 3.45. The number of aromatic nitrogens is 1. The molecule has 1 saturated heterocycles. The first-order valence-electron chi connectivity index (χ1n) is 9.91. The second kappa shape index (κ2) is 7.94. The first-order valence-corrected chi connectivity index (χ1v) is 9.91. The van der Waals surface area contributed by atoms with Gasteiger partial charge in [0.15, 0.2) is 23.2 Å². The molecule has 4 heterocycles. The van der Waals surface area contributed by atoms with E-state index in [1.165, 1.54) is 0 Å². The summed E-state index contributed by atoms with van der Waals surface area (Å²) in [6, 6.07) is 14.9. The Morgan fingerprint density at radius 1 is 1.10 bits per heavy atom. The van der Waals surface area contributed by atoms with E-state index in [0.29, 0.717) is 43.7 Å². The van der Waals surface area contributed by atoms with Gasteiger partial charge in [0.2, 0.25) is 0 Å². The van der Waals surface area contributed by atoms with E-state index in [9.17, 15) is 4.79 Å². The minimum Gasteiger partial charge on any atom is -0.451 e. The van der Waals surface area contributed by atoms with Crippen LogP contribution in [0.5, 0.6) is 0 Å². The quantitative estimate of drug-likeness (QED) is 0.302. The molecule has 2 N–H and O–H groups in total. The van der Waals surface area contributed by atoms with E-state index in [1.807, 2.05) is 52.3 Å². The van der Waals surface area contributed by atoms with Crippen molar-refractivity contribution in [3.05, 3.63) is 72.4 Å². The maximum Gasteiger partial charge on any atom is 0.365 e. The van der Waals surface area contributed by atoms with Crippen LogP contribution >= 0.6 is 0 Å². The van der Waals surface area contributed by atoms with Crippen LogP contribution in [0.1, 0.15) is 5.76 Å². The molecule has 9 nitrogen and oxygen atoms in total. The number of furan rings is 1. The molecule has 0 radical (unpaired) electrons. The Morgan fingerprint density at radius 2 is 1.90 bits per heavy atom. The number of esters is 1. The Morgan fingerprint density at radius 3 is 2.68 bits per heavy atom. The third-order valence-electron chi connectivity index (χ3n) is 5.08. The van der Waals surface area contributed by atoms with Crippen molar-refractivity contribution in [2.45, 2.75) is 0 Å². The molecule has 0 bridgehead atoms. The highest BCUT2D eigenvalue weighted by Crippen LogP contribution is 2.23. The zero-order valence-corrected chi connectivity index (χ0v) is 16.6. The van der Waals surface area contributed by atoms with E-state index in [1.54, 1.807) is 18.5 Å². The molecule has 156 valence electrons. The first kappa shape index (κ1) is 18.9. The molecular weight excluding hydrogens is 396 g/mol. The van der Waals surface area contributed by atoms with E-state index >= 15 is 0 Å². The van der Waals surface area contributed by atoms with Gasteiger partial charge in [0.05, 0.1) is 0 Å². The fourth-order valence-electron chi connectivity index (χ4n) is 3.45. The number of carbonyl (C=O) groups excluding carboxylic acids is 1. The lowest BCUT2D eigenvalue weighted by Gasteiger charge is -2.34. The first-order chi connectivity index (χ1) is 15.2. The highest BCUT2D eigenvalue weighted by molar-refractivity contribution is 6.11. The molecule has 0 unspecified atom stereocenters. The normalized spacial score (nSPS) is 18.6. The summed E-state index contributed by atoms with van der Waals surface area (Å²) in [6.07, 6.45) is 3.40. The Labute approximate surface area is 178 Å². The topological polar surface area (TPSA) is 110 Å². The second-order valence-corrected chi connectivity index (χ2v) is 7.15. The monoisotopic (exact) mass is 416 g/mol. The molecule has 31 heavy (non-hydrogen) atoms. The molecule has 2 aliphatic heterocycles. The molecule has 0 atom stereocenters. The number of guanidine groups is 1. The molecular formula is C22H20N6O3. The number of nitrogens with zero attached hydrogens (tertiary/aromatic N) is 5. The minimum absolute atomic E-state index is 0.179. The van der Waals surface area contributed by atoms with Crippen LogP contribution in [-0.4, -0.2) is 58.8 Å². The van der Waals surface area contributed by atoms with Gasteiger partial charge in [-0.15, -0.1) is 0 Å². The number of para-hydroxylation sites is 1. The average molecular weight is 416 g/mol. The SMILES string of the molecule is NC(=Nc1ccccn1)N1CCN(C=C2N=C(c3cc4ccccc4o3)OC2=O)CC1. The summed E-state index contributed by atoms with van der Waals surface area (Å²) < 4.78 is 11.1. The molecule has 0 saturated carbocycles. The third kappa shape index (κ3) is 3.97. The van der Waals surface area contributed by atoms with Gasteiger partial charge in [-0.25, -0.2) is 14.8 Å². The van der Waals surface area contributed by atoms with Crippen molar-refractivity contribution in [1.82, 2.24) is 14.8 Å². The largest absolute Gasteiger partial charge is 0.451 e. The summed E-state index contributed by atoms with van der Waals surface area (Å²) in [5.41, 5.74) is 7.09. The standard InChI is InChI=1S/C22H20N6O3/c23-22(26-19-7-3-4-8-24-19)28-11-9-27(10-12-28)14-16-21(29)31-20(25-16)18-13-15-5-1-2-6-17(15)30-18/h1-8,13-14H,9-12H2,(H2,23,24,26). The lowest BCUT2D eigenvalue weighted by molar-refractivity contribution is -0.130. The van der Waals surface area contributed by atoms with Crippen molar-refractivity contribution in [3.8, 4) is 0 Å². The van der Waals surface area contributed by atoms with Crippen molar-refractivity contribution in [3.63, 3.8) is 0 Å². The Bertz CT molecular complexity index is 1170. The van der Waals surface area contributed by atoms with E-state index in [0.717, 1.165) is 11.0 Å². The number of cyclic esters (lactones) is 1. The van der Waals surface area contributed by atoms with Crippen molar-refractivity contribution in [1.29, 1.82) is 0 Å². The zero-order valence-electron chi connectivity index (χ0n) is 16.6. The number of carbonyl (C=O) groups is 1. The van der Waals surface area contributed by atoms with Gasteiger partial charge in [0, 0.05) is 44.0 Å². The lowest BCUT2D eigenvalue weighted by Crippen LogP contribution is -2.49. The van der Waals surface area contributed by atoms with Crippen LogP contribution in [0.15, 0.2) is 81.0 Å². The summed E-state index contributed by atoms with van der Waals surface area (Å²) in [5.74, 6) is 1.12. The van der Waals surface area contributed by atoms with Crippen LogP contribution in [0.2, 0.25) is 0 Å². The van der Waals surface area contributed by atoms with E-state index in [-0.39, 0.29) is 11.6 Å². The number of ether oxygens (including phenoxy) is 1. The molecule has 1 aromatic carbocycles. The number of hydrogen-bond acceptors (Lipinski definition) is 7. The number of nitrogens with two attached hydrogens (primary N) is 1. The molecule has 3 aromatic rings. The predicted molar refractivity (Wildman–Crippen MR) is 116 cm³/mol. The number of piperazine rings is 1. The number of fused-ring (bicyclic) bond motifs is 1. The van der Waals surface area contributed by atoms with Crippen LogP contribution in [0.3, 0.4) is 0 Å². The van der Waals surface area contributed by atoms with Gasteiger partial charge in [-0.3, -0.25) is 0 Å². The smallest absolute Gasteiger partial charge is 0.365 e. The second-order valence-electron chi connectivity index (χ2n) is 7.15. The molecule has 0 amide bonds. The van der Waals surface area contributed by atoms with Crippen LogP contribution in [0.25, 0.3) is 11.0 Å². The number of rotatable bonds is 3. The van der Waals surface area contributed by atoms with Crippen molar-refractivity contribution in [2.75, 3.05) is 26.2 Å². The van der Waals surface area contributed by atoms with Gasteiger partial charge < -0.3 is 24.7 Å². The summed E-state index contributed by atoms with van der Waals surface area (Å²) in [6.45, 7) is 2.68.